The Balaban J connectivity index is 1.63. The zero-order valence-electron chi connectivity index (χ0n) is 18.5. The molecule has 3 aliphatic rings. The number of aliphatic hydroxyl groups is 1. The maximum atomic E-state index is 14.6. The van der Waals surface area contributed by atoms with Crippen LogP contribution in [0.1, 0.15) is 33.4 Å². The van der Waals surface area contributed by atoms with Crippen molar-refractivity contribution < 1.29 is 33.0 Å². The third-order valence-corrected chi connectivity index (χ3v) is 7.64. The van der Waals surface area contributed by atoms with Crippen molar-refractivity contribution in [3.8, 4) is 0 Å². The van der Waals surface area contributed by atoms with Gasteiger partial charge in [-0.15, -0.1) is 0 Å². The number of ether oxygens (including phenoxy) is 2. The van der Waals surface area contributed by atoms with E-state index in [9.17, 15) is 23.5 Å². The minimum absolute atomic E-state index is 0.0894. The number of fused-ring (bicyclic) bond motifs is 12. The lowest BCUT2D eigenvalue weighted by atomic mass is 9.96. The molecule has 5 aromatic rings. The summed E-state index contributed by atoms with van der Waals surface area (Å²) in [6.45, 7) is 0.345. The van der Waals surface area contributed by atoms with Gasteiger partial charge in [-0.05, 0) is 36.4 Å². The van der Waals surface area contributed by atoms with Crippen molar-refractivity contribution in [3.63, 3.8) is 0 Å². The van der Waals surface area contributed by atoms with Gasteiger partial charge < -0.3 is 24.1 Å². The van der Waals surface area contributed by atoms with Crippen molar-refractivity contribution in [2.45, 2.75) is 31.0 Å². The molecule has 4 atom stereocenters. The van der Waals surface area contributed by atoms with E-state index in [4.69, 9.17) is 9.47 Å². The Hall–Kier alpha value is -3.86. The Bertz CT molecular complexity index is 1840. The number of nitrogens with zero attached hydrogens (tertiary/aromatic N) is 1. The van der Waals surface area contributed by atoms with Crippen LogP contribution in [0.2, 0.25) is 0 Å². The fraction of sp³-hybridized carbons (Fsp3) is 0.231. The number of halogens is 2. The maximum absolute atomic E-state index is 14.6. The highest BCUT2D eigenvalue weighted by atomic mass is 19.1. The standard InChI is InChI=1S/C26H17F2N3O5/c27-9-1-3-14-12(5-9)17-19-20(25(34)30-24(19)33)18-13-6-10(28)2-4-15(13)31(22(18)21(17)29-14)26-23(32)16-7-11(36-26)8-35-16/h1-6,11,16,23,26,29,32H,7-8H2,(H,30,33,34)/t11?,16?,23?,26-/m1/s1. The van der Waals surface area contributed by atoms with Crippen LogP contribution in [0.4, 0.5) is 8.78 Å². The first-order chi connectivity index (χ1) is 17.4. The van der Waals surface area contributed by atoms with E-state index >= 15 is 0 Å². The monoisotopic (exact) mass is 489 g/mol. The summed E-state index contributed by atoms with van der Waals surface area (Å²) in [4.78, 5) is 29.4. The number of aromatic nitrogens is 2. The summed E-state index contributed by atoms with van der Waals surface area (Å²) in [5, 5.41) is 15.1. The van der Waals surface area contributed by atoms with E-state index in [1.807, 2.05) is 0 Å². The average molecular weight is 489 g/mol. The van der Waals surface area contributed by atoms with E-state index in [0.717, 1.165) is 0 Å². The van der Waals surface area contributed by atoms with Crippen LogP contribution in [-0.4, -0.2) is 51.4 Å². The van der Waals surface area contributed by atoms with E-state index in [0.29, 0.717) is 56.6 Å². The molecule has 10 heteroatoms. The van der Waals surface area contributed by atoms with Crippen LogP contribution < -0.4 is 5.32 Å². The Morgan fingerprint density at radius 3 is 2.50 bits per heavy atom. The minimum atomic E-state index is -1.03. The second kappa shape index (κ2) is 6.67. The molecule has 0 aliphatic carbocycles. The molecule has 0 radical (unpaired) electrons. The van der Waals surface area contributed by atoms with Gasteiger partial charge in [0.15, 0.2) is 6.23 Å². The molecule has 2 aromatic heterocycles. The van der Waals surface area contributed by atoms with Crippen molar-refractivity contribution in [1.29, 1.82) is 0 Å². The molecule has 8 rings (SSSR count). The summed E-state index contributed by atoms with van der Waals surface area (Å²) in [6, 6.07) is 8.33. The summed E-state index contributed by atoms with van der Waals surface area (Å²) >= 11 is 0. The lowest BCUT2D eigenvalue weighted by molar-refractivity contribution is -0.146. The smallest absolute Gasteiger partial charge is 0.259 e. The van der Waals surface area contributed by atoms with E-state index in [1.54, 1.807) is 16.7 Å². The minimum Gasteiger partial charge on any atom is -0.386 e. The van der Waals surface area contributed by atoms with Gasteiger partial charge in [-0.3, -0.25) is 14.9 Å². The number of carbonyl (C=O) groups excluding carboxylic acids is 2. The summed E-state index contributed by atoms with van der Waals surface area (Å²) in [6.07, 6.45) is -2.05. The number of hydrogen-bond acceptors (Lipinski definition) is 5. The highest BCUT2D eigenvalue weighted by molar-refractivity contribution is 6.39. The van der Waals surface area contributed by atoms with Gasteiger partial charge in [0.1, 0.15) is 17.7 Å². The van der Waals surface area contributed by atoms with Crippen LogP contribution in [0.15, 0.2) is 36.4 Å². The highest BCUT2D eigenvalue weighted by Gasteiger charge is 2.46. The van der Waals surface area contributed by atoms with Crippen LogP contribution in [0.5, 0.6) is 0 Å². The molecule has 8 nitrogen and oxygen atoms in total. The Morgan fingerprint density at radius 2 is 1.69 bits per heavy atom. The summed E-state index contributed by atoms with van der Waals surface area (Å²) in [5.74, 6) is -2.24. The molecule has 2 saturated heterocycles. The molecule has 180 valence electrons. The second-order valence-electron chi connectivity index (χ2n) is 9.60. The summed E-state index contributed by atoms with van der Waals surface area (Å²) < 4.78 is 42.6. The fourth-order valence-corrected chi connectivity index (χ4v) is 6.22. The van der Waals surface area contributed by atoms with Crippen LogP contribution in [0.3, 0.4) is 0 Å². The van der Waals surface area contributed by atoms with Gasteiger partial charge in [0.25, 0.3) is 11.8 Å². The number of rotatable bonds is 1. The van der Waals surface area contributed by atoms with Crippen molar-refractivity contribution >= 4 is 55.4 Å². The normalized spacial score (nSPS) is 25.5. The van der Waals surface area contributed by atoms with Crippen molar-refractivity contribution in [2.75, 3.05) is 6.61 Å². The maximum Gasteiger partial charge on any atom is 0.259 e. The van der Waals surface area contributed by atoms with Crippen LogP contribution in [0.25, 0.3) is 43.6 Å². The highest BCUT2D eigenvalue weighted by Crippen LogP contribution is 2.47. The van der Waals surface area contributed by atoms with Crippen LogP contribution >= 0.6 is 0 Å². The van der Waals surface area contributed by atoms with Crippen molar-refractivity contribution in [3.05, 3.63) is 59.2 Å². The van der Waals surface area contributed by atoms with Crippen molar-refractivity contribution in [1.82, 2.24) is 14.9 Å². The zero-order valence-corrected chi connectivity index (χ0v) is 18.5. The molecule has 36 heavy (non-hydrogen) atoms. The lowest BCUT2D eigenvalue weighted by Crippen LogP contribution is -2.41. The van der Waals surface area contributed by atoms with Gasteiger partial charge in [-0.25, -0.2) is 8.78 Å². The van der Waals surface area contributed by atoms with E-state index in [1.165, 1.54) is 24.3 Å². The SMILES string of the molecule is O=C1NC(=O)c2c1c1c3cc(F)ccc3[nH]c1c1c2c2cc(F)ccc2n1[C@@H]1OC2COC(C2)C1O. The number of benzene rings is 3. The lowest BCUT2D eigenvalue weighted by Gasteiger charge is -2.34. The van der Waals surface area contributed by atoms with Crippen LogP contribution in [0, 0.1) is 11.6 Å². The largest absolute Gasteiger partial charge is 0.386 e. The molecule has 3 unspecified atom stereocenters. The van der Waals surface area contributed by atoms with E-state index < -0.39 is 41.9 Å². The molecule has 0 saturated carbocycles. The third-order valence-electron chi connectivity index (χ3n) is 7.64. The predicted molar refractivity (Wildman–Crippen MR) is 125 cm³/mol. The quantitative estimate of drug-likeness (QED) is 0.312. The molecule has 3 aliphatic heterocycles. The molecule has 5 heterocycles. The second-order valence-corrected chi connectivity index (χ2v) is 9.60. The first-order valence-electron chi connectivity index (χ1n) is 11.6. The molecule has 2 fully saturated rings. The zero-order chi connectivity index (χ0) is 24.5. The number of hydrogen-bond donors (Lipinski definition) is 3. The van der Waals surface area contributed by atoms with Gasteiger partial charge in [0.2, 0.25) is 0 Å². The number of amides is 2. The summed E-state index contributed by atoms with van der Waals surface area (Å²) in [5.41, 5.74) is 2.19. The number of aliphatic hydroxyl groups excluding tert-OH is 1. The Labute approximate surface area is 200 Å². The Kier molecular flexibility index (Phi) is 3.77. The van der Waals surface area contributed by atoms with Gasteiger partial charge in [0, 0.05) is 33.5 Å². The molecular formula is C26H17F2N3O5. The number of nitrogens with one attached hydrogen (secondary N) is 2. The van der Waals surface area contributed by atoms with Gasteiger partial charge >= 0.3 is 0 Å². The molecule has 3 aromatic carbocycles. The van der Waals surface area contributed by atoms with Crippen molar-refractivity contribution in [2.24, 2.45) is 0 Å². The van der Waals surface area contributed by atoms with Gasteiger partial charge in [0.05, 0.1) is 46.5 Å². The molecule has 2 amide bonds. The number of aromatic amines is 1. The molecule has 2 bridgehead atoms. The first kappa shape index (κ1) is 20.3. The topological polar surface area (TPSA) is 106 Å². The first-order valence-corrected chi connectivity index (χ1v) is 11.6. The van der Waals surface area contributed by atoms with E-state index in [2.05, 4.69) is 10.3 Å². The molecular weight excluding hydrogens is 472 g/mol. The molecule has 3 N–H and O–H groups in total. The number of H-pyrrole nitrogens is 1. The molecule has 0 spiro atoms. The fourth-order valence-electron chi connectivity index (χ4n) is 6.22. The van der Waals surface area contributed by atoms with Gasteiger partial charge in [-0.1, -0.05) is 0 Å². The number of carbonyl (C=O) groups is 2. The Morgan fingerprint density at radius 1 is 0.972 bits per heavy atom. The summed E-state index contributed by atoms with van der Waals surface area (Å²) in [7, 11) is 0. The van der Waals surface area contributed by atoms with Gasteiger partial charge in [-0.2, -0.15) is 0 Å². The number of imide groups is 1. The van der Waals surface area contributed by atoms with E-state index in [-0.39, 0.29) is 17.2 Å². The third kappa shape index (κ3) is 2.41. The van der Waals surface area contributed by atoms with Crippen LogP contribution in [-0.2, 0) is 9.47 Å². The predicted octanol–water partition coefficient (Wildman–Crippen LogP) is 3.64. The average Bonchev–Trinajstić information content (AvgIpc) is 3.58.